The normalized spacial score (nSPS) is 18.4. The fourth-order valence-corrected chi connectivity index (χ4v) is 5.52. The molecule has 1 aromatic carbocycles. The molecule has 0 bridgehead atoms. The Hall–Kier alpha value is -2.14. The summed E-state index contributed by atoms with van der Waals surface area (Å²) in [6.07, 6.45) is 2.26. The lowest BCUT2D eigenvalue weighted by atomic mass is 9.66. The number of nitrogens with zero attached hydrogens (tertiary/aromatic N) is 1. The van der Waals surface area contributed by atoms with E-state index < -0.39 is 5.97 Å². The Kier molecular flexibility index (Phi) is 4.47. The average molecular weight is 372 g/mol. The van der Waals surface area contributed by atoms with Crippen molar-refractivity contribution in [2.45, 2.75) is 58.3 Å². The number of hydrogen-bond donors (Lipinski definition) is 2. The van der Waals surface area contributed by atoms with Crippen LogP contribution in [0, 0.1) is 6.92 Å². The van der Waals surface area contributed by atoms with E-state index in [1.165, 1.54) is 10.4 Å². The summed E-state index contributed by atoms with van der Waals surface area (Å²) in [7, 11) is 0. The van der Waals surface area contributed by atoms with E-state index in [-0.39, 0.29) is 16.4 Å². The van der Waals surface area contributed by atoms with Crippen LogP contribution in [0.2, 0.25) is 0 Å². The van der Waals surface area contributed by atoms with Gasteiger partial charge in [-0.2, -0.15) is 0 Å². The number of oxime groups is 1. The zero-order chi connectivity index (χ0) is 19.3. The molecule has 2 aromatic rings. The minimum atomic E-state index is -0.967. The van der Waals surface area contributed by atoms with Crippen LogP contribution in [-0.2, 0) is 10.8 Å². The second kappa shape index (κ2) is 6.23. The van der Waals surface area contributed by atoms with Gasteiger partial charge in [-0.3, -0.25) is 0 Å². The number of rotatable bonds is 3. The number of aromatic carboxylic acids is 1. The quantitative estimate of drug-likeness (QED) is 0.435. The van der Waals surface area contributed by atoms with Gasteiger partial charge < -0.3 is 10.3 Å². The third-order valence-corrected chi connectivity index (χ3v) is 7.20. The van der Waals surface area contributed by atoms with Gasteiger partial charge in [-0.25, -0.2) is 4.79 Å². The molecule has 0 atom stereocenters. The third kappa shape index (κ3) is 2.94. The number of carboxylic acids is 1. The first kappa shape index (κ1) is 18.6. The van der Waals surface area contributed by atoms with Crippen molar-refractivity contribution in [1.82, 2.24) is 0 Å². The van der Waals surface area contributed by atoms with Crippen LogP contribution in [0.1, 0.15) is 77.3 Å². The molecule has 0 saturated heterocycles. The summed E-state index contributed by atoms with van der Waals surface area (Å²) in [6.45, 7) is 11.2. The first-order valence-corrected chi connectivity index (χ1v) is 9.60. The van der Waals surface area contributed by atoms with Gasteiger partial charge in [-0.05, 0) is 53.9 Å². The van der Waals surface area contributed by atoms with E-state index in [2.05, 4.69) is 39.8 Å². The van der Waals surface area contributed by atoms with Gasteiger partial charge in [-0.1, -0.05) is 45.0 Å². The van der Waals surface area contributed by atoms with Crippen LogP contribution in [0.4, 0.5) is 0 Å². The Bertz CT molecular complexity index is 889. The van der Waals surface area contributed by atoms with Crippen LogP contribution in [0.15, 0.2) is 29.4 Å². The van der Waals surface area contributed by atoms with Gasteiger partial charge >= 0.3 is 5.97 Å². The average Bonchev–Trinajstić information content (AvgIpc) is 2.93. The van der Waals surface area contributed by atoms with E-state index >= 15 is 0 Å². The fraction of sp³-hybridized carbons (Fsp3) is 0.429. The highest BCUT2D eigenvalue weighted by atomic mass is 32.1. The summed E-state index contributed by atoms with van der Waals surface area (Å²) in [5.74, 6) is -0.967. The van der Waals surface area contributed by atoms with Crippen molar-refractivity contribution in [1.29, 1.82) is 0 Å². The lowest BCUT2D eigenvalue weighted by Gasteiger charge is -2.39. The zero-order valence-electron chi connectivity index (χ0n) is 15.9. The molecule has 0 saturated carbocycles. The molecule has 26 heavy (non-hydrogen) atoms. The Morgan fingerprint density at radius 2 is 1.58 bits per heavy atom. The van der Waals surface area contributed by atoms with Crippen molar-refractivity contribution in [3.63, 3.8) is 0 Å². The highest BCUT2D eigenvalue weighted by Gasteiger charge is 2.41. The molecule has 1 aliphatic carbocycles. The maximum atomic E-state index is 11.1. The Morgan fingerprint density at radius 3 is 2.08 bits per heavy atom. The van der Waals surface area contributed by atoms with Gasteiger partial charge in [-0.15, -0.1) is 11.3 Å². The summed E-state index contributed by atoms with van der Waals surface area (Å²) in [5.41, 5.74) is 4.18. The molecule has 1 aromatic heterocycles. The lowest BCUT2D eigenvalue weighted by molar-refractivity contribution is 0.0697. The minimum Gasteiger partial charge on any atom is -0.478 e. The first-order chi connectivity index (χ1) is 12.1. The first-order valence-electron chi connectivity index (χ1n) is 8.79. The summed E-state index contributed by atoms with van der Waals surface area (Å²) in [4.78, 5) is 13.4. The third-order valence-electron chi connectivity index (χ3n) is 5.53. The lowest BCUT2D eigenvalue weighted by Crippen LogP contribution is -2.32. The van der Waals surface area contributed by atoms with Gasteiger partial charge in [0.25, 0.3) is 0 Å². The highest BCUT2D eigenvalue weighted by molar-refractivity contribution is 7.15. The van der Waals surface area contributed by atoms with Gasteiger partial charge in [0.15, 0.2) is 0 Å². The number of fused-ring (bicyclic) bond motifs is 1. The van der Waals surface area contributed by atoms with Crippen LogP contribution >= 0.6 is 11.3 Å². The van der Waals surface area contributed by atoms with Gasteiger partial charge in [0.1, 0.15) is 5.71 Å². The molecule has 0 amide bonds. The second-order valence-corrected chi connectivity index (χ2v) is 9.38. The van der Waals surface area contributed by atoms with E-state index in [1.807, 2.05) is 0 Å². The summed E-state index contributed by atoms with van der Waals surface area (Å²) in [5, 5.41) is 22.4. The monoisotopic (exact) mass is 371 g/mol. The largest absolute Gasteiger partial charge is 0.478 e. The van der Waals surface area contributed by atoms with Crippen molar-refractivity contribution in [2.24, 2.45) is 5.16 Å². The van der Waals surface area contributed by atoms with Gasteiger partial charge in [0, 0.05) is 10.4 Å². The van der Waals surface area contributed by atoms with E-state index in [0.29, 0.717) is 5.71 Å². The van der Waals surface area contributed by atoms with E-state index in [1.54, 1.807) is 35.6 Å². The van der Waals surface area contributed by atoms with Crippen LogP contribution < -0.4 is 0 Å². The molecule has 0 unspecified atom stereocenters. The van der Waals surface area contributed by atoms with E-state index in [0.717, 1.165) is 28.8 Å². The molecule has 2 N–H and O–H groups in total. The Labute approximate surface area is 158 Å². The minimum absolute atomic E-state index is 0.0947. The van der Waals surface area contributed by atoms with Crippen molar-refractivity contribution in [2.75, 3.05) is 0 Å². The number of benzene rings is 1. The molecule has 1 heterocycles. The van der Waals surface area contributed by atoms with Crippen LogP contribution in [-0.4, -0.2) is 22.0 Å². The standard InChI is InChI=1S/C21H25NO3S/c1-12-15-18(21(4,5)11-10-20(15,2)3)26-17(12)16(22-25)13-6-8-14(9-7-13)19(23)24/h6-9,25H,10-11H2,1-5H3,(H,23,24). The maximum Gasteiger partial charge on any atom is 0.335 e. The van der Waals surface area contributed by atoms with Gasteiger partial charge in [0.2, 0.25) is 0 Å². The molecule has 0 spiro atoms. The number of hydrogen-bond acceptors (Lipinski definition) is 4. The summed E-state index contributed by atoms with van der Waals surface area (Å²) >= 11 is 1.70. The van der Waals surface area contributed by atoms with Crippen LogP contribution in [0.3, 0.4) is 0 Å². The van der Waals surface area contributed by atoms with E-state index in [9.17, 15) is 10.0 Å². The predicted octanol–water partition coefficient (Wildman–Crippen LogP) is 5.33. The summed E-state index contributed by atoms with van der Waals surface area (Å²) in [6, 6.07) is 6.49. The molecule has 138 valence electrons. The molecular weight excluding hydrogens is 346 g/mol. The van der Waals surface area contributed by atoms with Crippen LogP contribution in [0.5, 0.6) is 0 Å². The number of thiophene rings is 1. The van der Waals surface area contributed by atoms with Crippen molar-refractivity contribution in [3.05, 3.63) is 56.3 Å². The smallest absolute Gasteiger partial charge is 0.335 e. The van der Waals surface area contributed by atoms with Crippen LogP contribution in [0.25, 0.3) is 0 Å². The van der Waals surface area contributed by atoms with Crippen molar-refractivity contribution >= 4 is 23.0 Å². The van der Waals surface area contributed by atoms with Crippen molar-refractivity contribution < 1.29 is 15.1 Å². The topological polar surface area (TPSA) is 69.9 Å². The molecule has 1 aliphatic rings. The fourth-order valence-electron chi connectivity index (χ4n) is 3.90. The predicted molar refractivity (Wildman–Crippen MR) is 105 cm³/mol. The molecule has 5 heteroatoms. The Morgan fingerprint density at radius 1 is 1.04 bits per heavy atom. The zero-order valence-corrected chi connectivity index (χ0v) is 16.7. The molecular formula is C21H25NO3S. The molecule has 0 fully saturated rings. The Balaban J connectivity index is 2.14. The van der Waals surface area contributed by atoms with Gasteiger partial charge in [0.05, 0.1) is 10.4 Å². The molecule has 3 rings (SSSR count). The number of carbonyl (C=O) groups is 1. The molecule has 0 aliphatic heterocycles. The second-order valence-electron chi connectivity index (χ2n) is 8.36. The number of carboxylic acid groups (broad SMARTS) is 1. The van der Waals surface area contributed by atoms with E-state index in [4.69, 9.17) is 5.11 Å². The molecule has 0 radical (unpaired) electrons. The SMILES string of the molecule is Cc1c(C(=NO)c2ccc(C(=O)O)cc2)sc2c1C(C)(C)CCC2(C)C. The van der Waals surface area contributed by atoms with Crippen molar-refractivity contribution in [3.8, 4) is 0 Å². The summed E-state index contributed by atoms with van der Waals surface area (Å²) < 4.78 is 0. The maximum absolute atomic E-state index is 11.1. The highest BCUT2D eigenvalue weighted by Crippen LogP contribution is 2.51. The molecule has 4 nitrogen and oxygen atoms in total.